The van der Waals surface area contributed by atoms with Crippen LogP contribution in [0.25, 0.3) is 6.08 Å². The van der Waals surface area contributed by atoms with E-state index in [1.54, 1.807) is 13.0 Å². The second kappa shape index (κ2) is 8.38. The Bertz CT molecular complexity index is 969. The molecule has 0 aliphatic rings. The standard InChI is InChI=1S/C19H18N2O5S/c1-10-11(2)27-18(16(10)19(24)26-4)21-17(23)13(9-20)7-12-5-6-14(22)15(8-12)25-3/h5-8,22H,1-4H3,(H,21,23)/b13-7-. The maximum absolute atomic E-state index is 12.5. The molecule has 0 saturated heterocycles. The van der Waals surface area contributed by atoms with E-state index in [9.17, 15) is 20.0 Å². The Kier molecular flexibility index (Phi) is 6.21. The van der Waals surface area contributed by atoms with Crippen molar-refractivity contribution in [3.8, 4) is 17.6 Å². The van der Waals surface area contributed by atoms with Gasteiger partial charge in [-0.2, -0.15) is 5.26 Å². The van der Waals surface area contributed by atoms with Gasteiger partial charge in [-0.15, -0.1) is 11.3 Å². The summed E-state index contributed by atoms with van der Waals surface area (Å²) in [5.74, 6) is -1.04. The lowest BCUT2D eigenvalue weighted by Crippen LogP contribution is -2.15. The number of esters is 1. The molecule has 0 aliphatic heterocycles. The van der Waals surface area contributed by atoms with Crippen LogP contribution in [0.5, 0.6) is 11.5 Å². The molecule has 2 aromatic rings. The Morgan fingerprint density at radius 2 is 2.00 bits per heavy atom. The molecule has 0 fully saturated rings. The number of hydrogen-bond acceptors (Lipinski definition) is 7. The van der Waals surface area contributed by atoms with Crippen LogP contribution in [0, 0.1) is 25.2 Å². The number of benzene rings is 1. The number of thiophene rings is 1. The lowest BCUT2D eigenvalue weighted by Gasteiger charge is -2.06. The number of phenols is 1. The second-order valence-corrected chi connectivity index (χ2v) is 6.76. The monoisotopic (exact) mass is 386 g/mol. The molecular weight excluding hydrogens is 368 g/mol. The maximum Gasteiger partial charge on any atom is 0.341 e. The van der Waals surface area contributed by atoms with E-state index in [2.05, 4.69) is 5.32 Å². The van der Waals surface area contributed by atoms with Crippen molar-refractivity contribution in [3.05, 3.63) is 45.3 Å². The van der Waals surface area contributed by atoms with E-state index in [-0.39, 0.29) is 22.6 Å². The summed E-state index contributed by atoms with van der Waals surface area (Å²) in [6.45, 7) is 3.59. The number of anilines is 1. The minimum Gasteiger partial charge on any atom is -0.504 e. The summed E-state index contributed by atoms with van der Waals surface area (Å²) in [4.78, 5) is 25.4. The van der Waals surface area contributed by atoms with E-state index < -0.39 is 11.9 Å². The number of nitrogens with zero attached hydrogens (tertiary/aromatic N) is 1. The van der Waals surface area contributed by atoms with Crippen molar-refractivity contribution < 1.29 is 24.2 Å². The number of nitriles is 1. The smallest absolute Gasteiger partial charge is 0.341 e. The highest BCUT2D eigenvalue weighted by Crippen LogP contribution is 2.33. The van der Waals surface area contributed by atoms with Crippen LogP contribution < -0.4 is 10.1 Å². The fourth-order valence-corrected chi connectivity index (χ4v) is 3.38. The van der Waals surface area contributed by atoms with Gasteiger partial charge >= 0.3 is 5.97 Å². The molecule has 1 aromatic carbocycles. The normalized spacial score (nSPS) is 10.9. The highest BCUT2D eigenvalue weighted by molar-refractivity contribution is 7.16. The molecule has 2 rings (SSSR count). The Morgan fingerprint density at radius 3 is 2.59 bits per heavy atom. The van der Waals surface area contributed by atoms with Gasteiger partial charge in [0.15, 0.2) is 11.5 Å². The van der Waals surface area contributed by atoms with Crippen LogP contribution in [0.1, 0.15) is 26.4 Å². The minimum absolute atomic E-state index is 0.0511. The van der Waals surface area contributed by atoms with Crippen LogP contribution in [0.15, 0.2) is 23.8 Å². The average Bonchev–Trinajstić information content (AvgIpc) is 2.93. The van der Waals surface area contributed by atoms with Crippen molar-refractivity contribution in [2.24, 2.45) is 0 Å². The highest BCUT2D eigenvalue weighted by atomic mass is 32.1. The maximum atomic E-state index is 12.5. The summed E-state index contributed by atoms with van der Waals surface area (Å²) in [7, 11) is 2.66. The number of aromatic hydroxyl groups is 1. The number of ether oxygens (including phenoxy) is 2. The molecule has 1 amide bonds. The highest BCUT2D eigenvalue weighted by Gasteiger charge is 2.22. The number of phenolic OH excluding ortho intramolecular Hbond substituents is 1. The van der Waals surface area contributed by atoms with E-state index in [0.717, 1.165) is 4.88 Å². The molecule has 140 valence electrons. The third-order valence-corrected chi connectivity index (χ3v) is 5.00. The minimum atomic E-state index is -0.657. The number of carbonyl (C=O) groups excluding carboxylic acids is 2. The lowest BCUT2D eigenvalue weighted by molar-refractivity contribution is -0.112. The van der Waals surface area contributed by atoms with E-state index in [1.165, 1.54) is 43.8 Å². The van der Waals surface area contributed by atoms with Crippen LogP contribution in [0.4, 0.5) is 5.00 Å². The Morgan fingerprint density at radius 1 is 1.30 bits per heavy atom. The van der Waals surface area contributed by atoms with Gasteiger partial charge in [0.25, 0.3) is 5.91 Å². The van der Waals surface area contributed by atoms with Gasteiger partial charge in [0.1, 0.15) is 16.6 Å². The number of aryl methyl sites for hydroxylation is 1. The summed E-state index contributed by atoms with van der Waals surface area (Å²) in [5, 5.41) is 21.9. The molecule has 2 N–H and O–H groups in total. The van der Waals surface area contributed by atoms with Gasteiger partial charge in [-0.1, -0.05) is 6.07 Å². The molecule has 1 heterocycles. The number of rotatable bonds is 5. The van der Waals surface area contributed by atoms with Crippen molar-refractivity contribution in [2.45, 2.75) is 13.8 Å². The fourth-order valence-electron chi connectivity index (χ4n) is 2.33. The van der Waals surface area contributed by atoms with Crippen LogP contribution in [0.3, 0.4) is 0 Å². The predicted octanol–water partition coefficient (Wildman–Crippen LogP) is 3.41. The molecule has 0 aliphatic carbocycles. The summed E-state index contributed by atoms with van der Waals surface area (Å²) < 4.78 is 9.79. The summed E-state index contributed by atoms with van der Waals surface area (Å²) in [5.41, 5.74) is 1.33. The number of methoxy groups -OCH3 is 2. The molecular formula is C19H18N2O5S. The third-order valence-electron chi connectivity index (χ3n) is 3.88. The quantitative estimate of drug-likeness (QED) is 0.463. The van der Waals surface area contributed by atoms with E-state index in [0.29, 0.717) is 16.1 Å². The number of carbonyl (C=O) groups is 2. The summed E-state index contributed by atoms with van der Waals surface area (Å²) >= 11 is 1.23. The SMILES string of the molecule is COC(=O)c1c(NC(=O)/C(C#N)=C\c2ccc(O)c(OC)c2)sc(C)c1C. The molecule has 0 unspecified atom stereocenters. The third kappa shape index (κ3) is 4.27. The fraction of sp³-hybridized carbons (Fsp3) is 0.211. The van der Waals surface area contributed by atoms with Crippen molar-refractivity contribution in [2.75, 3.05) is 19.5 Å². The van der Waals surface area contributed by atoms with Crippen LogP contribution in [-0.2, 0) is 9.53 Å². The average molecular weight is 386 g/mol. The first-order valence-electron chi connectivity index (χ1n) is 7.80. The number of amides is 1. The van der Waals surface area contributed by atoms with Crippen LogP contribution in [0.2, 0.25) is 0 Å². The zero-order chi connectivity index (χ0) is 20.1. The van der Waals surface area contributed by atoms with Crippen molar-refractivity contribution in [3.63, 3.8) is 0 Å². The lowest BCUT2D eigenvalue weighted by atomic mass is 10.1. The van der Waals surface area contributed by atoms with Gasteiger partial charge in [0.05, 0.1) is 19.8 Å². The number of hydrogen-bond donors (Lipinski definition) is 2. The van der Waals surface area contributed by atoms with Gasteiger partial charge in [0.2, 0.25) is 0 Å². The first-order valence-corrected chi connectivity index (χ1v) is 8.62. The van der Waals surface area contributed by atoms with Gasteiger partial charge in [-0.3, -0.25) is 4.79 Å². The van der Waals surface area contributed by atoms with E-state index >= 15 is 0 Å². The van der Waals surface area contributed by atoms with E-state index in [4.69, 9.17) is 9.47 Å². The molecule has 0 spiro atoms. The predicted molar refractivity (Wildman–Crippen MR) is 102 cm³/mol. The molecule has 0 atom stereocenters. The summed E-state index contributed by atoms with van der Waals surface area (Å²) in [6, 6.07) is 6.29. The second-order valence-electron chi connectivity index (χ2n) is 5.53. The molecule has 8 heteroatoms. The summed E-state index contributed by atoms with van der Waals surface area (Å²) in [6.07, 6.45) is 1.36. The Labute approximate surface area is 160 Å². The van der Waals surface area contributed by atoms with Crippen LogP contribution >= 0.6 is 11.3 Å². The molecule has 0 bridgehead atoms. The topological polar surface area (TPSA) is 109 Å². The molecule has 0 radical (unpaired) electrons. The van der Waals surface area contributed by atoms with E-state index in [1.807, 2.05) is 13.0 Å². The molecule has 1 aromatic heterocycles. The zero-order valence-electron chi connectivity index (χ0n) is 15.2. The molecule has 7 nitrogen and oxygen atoms in total. The number of nitrogens with one attached hydrogen (secondary N) is 1. The largest absolute Gasteiger partial charge is 0.504 e. The first kappa shape index (κ1) is 20.0. The Balaban J connectivity index is 2.35. The first-order chi connectivity index (χ1) is 12.8. The Hall–Kier alpha value is -3.31. The zero-order valence-corrected chi connectivity index (χ0v) is 16.1. The van der Waals surface area contributed by atoms with Crippen molar-refractivity contribution >= 4 is 34.3 Å². The van der Waals surface area contributed by atoms with Gasteiger partial charge in [-0.05, 0) is 43.2 Å². The van der Waals surface area contributed by atoms with Gasteiger partial charge in [0, 0.05) is 4.88 Å². The van der Waals surface area contributed by atoms with Crippen LogP contribution in [-0.4, -0.2) is 31.2 Å². The van der Waals surface area contributed by atoms with Crippen molar-refractivity contribution in [1.82, 2.24) is 0 Å². The molecule has 27 heavy (non-hydrogen) atoms. The van der Waals surface area contributed by atoms with Crippen molar-refractivity contribution in [1.29, 1.82) is 5.26 Å². The van der Waals surface area contributed by atoms with Gasteiger partial charge < -0.3 is 19.9 Å². The van der Waals surface area contributed by atoms with Gasteiger partial charge in [-0.25, -0.2) is 4.79 Å². The molecule has 0 saturated carbocycles.